The van der Waals surface area contributed by atoms with E-state index in [2.05, 4.69) is 34.2 Å². The molecule has 0 heterocycles. The Bertz CT molecular complexity index is 475. The van der Waals surface area contributed by atoms with Gasteiger partial charge in [-0.1, -0.05) is 19.1 Å². The summed E-state index contributed by atoms with van der Waals surface area (Å²) in [6.45, 7) is 7.68. The first-order valence-corrected chi connectivity index (χ1v) is 7.32. The normalized spacial score (nSPS) is 12.1. The lowest BCUT2D eigenvalue weighted by Gasteiger charge is -2.16. The van der Waals surface area contributed by atoms with Gasteiger partial charge in [0, 0.05) is 12.6 Å². The maximum atomic E-state index is 11.4. The summed E-state index contributed by atoms with van der Waals surface area (Å²) in [6.07, 6.45) is 1.04. The minimum atomic E-state index is -0.322. The molecule has 5 nitrogen and oxygen atoms in total. The van der Waals surface area contributed by atoms with Crippen LogP contribution in [0.25, 0.3) is 0 Å². The number of halogens is 1. The second-order valence-corrected chi connectivity index (χ2v) is 4.84. The summed E-state index contributed by atoms with van der Waals surface area (Å²) in [7, 11) is 1.38. The van der Waals surface area contributed by atoms with Gasteiger partial charge in [-0.25, -0.2) is 9.79 Å². The van der Waals surface area contributed by atoms with Crippen LogP contribution in [-0.4, -0.2) is 31.6 Å². The van der Waals surface area contributed by atoms with Gasteiger partial charge in [0.05, 0.1) is 19.2 Å². The molecule has 0 amide bonds. The van der Waals surface area contributed by atoms with Gasteiger partial charge in [-0.2, -0.15) is 0 Å². The summed E-state index contributed by atoms with van der Waals surface area (Å²) in [4.78, 5) is 15.9. The van der Waals surface area contributed by atoms with Gasteiger partial charge in [0.15, 0.2) is 5.96 Å². The average Bonchev–Trinajstić information content (AvgIpc) is 2.52. The second kappa shape index (κ2) is 11.3. The zero-order valence-corrected chi connectivity index (χ0v) is 16.0. The summed E-state index contributed by atoms with van der Waals surface area (Å²) in [5, 5.41) is 6.56. The van der Waals surface area contributed by atoms with Crippen molar-refractivity contribution in [3.8, 4) is 0 Å². The molecule has 0 saturated carbocycles. The van der Waals surface area contributed by atoms with E-state index in [0.717, 1.165) is 24.5 Å². The van der Waals surface area contributed by atoms with Crippen molar-refractivity contribution < 1.29 is 9.53 Å². The van der Waals surface area contributed by atoms with Crippen LogP contribution < -0.4 is 10.6 Å². The third-order valence-corrected chi connectivity index (χ3v) is 3.13. The van der Waals surface area contributed by atoms with E-state index >= 15 is 0 Å². The van der Waals surface area contributed by atoms with E-state index in [-0.39, 0.29) is 29.9 Å². The second-order valence-electron chi connectivity index (χ2n) is 4.84. The van der Waals surface area contributed by atoms with E-state index in [1.165, 1.54) is 7.11 Å². The number of benzene rings is 1. The van der Waals surface area contributed by atoms with E-state index in [9.17, 15) is 4.79 Å². The molecule has 1 rings (SSSR count). The van der Waals surface area contributed by atoms with Gasteiger partial charge in [0.2, 0.25) is 0 Å². The van der Waals surface area contributed by atoms with Gasteiger partial charge in [0.1, 0.15) is 0 Å². The van der Waals surface area contributed by atoms with Crippen LogP contribution in [0.4, 0.5) is 0 Å². The summed E-state index contributed by atoms with van der Waals surface area (Å²) in [5.74, 6) is 0.487. The van der Waals surface area contributed by atoms with Crippen molar-refractivity contribution in [2.45, 2.75) is 39.8 Å². The molecule has 1 unspecified atom stereocenters. The van der Waals surface area contributed by atoms with Crippen molar-refractivity contribution in [3.05, 3.63) is 35.4 Å². The molecule has 0 aliphatic carbocycles. The van der Waals surface area contributed by atoms with E-state index in [0.29, 0.717) is 18.2 Å². The Morgan fingerprint density at radius 1 is 1.27 bits per heavy atom. The average molecular weight is 419 g/mol. The lowest BCUT2D eigenvalue weighted by Crippen LogP contribution is -2.41. The van der Waals surface area contributed by atoms with Gasteiger partial charge >= 0.3 is 5.97 Å². The van der Waals surface area contributed by atoms with Crippen molar-refractivity contribution in [1.29, 1.82) is 0 Å². The number of carbonyl (C=O) groups excluding carboxylic acids is 1. The zero-order chi connectivity index (χ0) is 15.7. The summed E-state index contributed by atoms with van der Waals surface area (Å²) in [5.41, 5.74) is 1.60. The van der Waals surface area contributed by atoms with Crippen molar-refractivity contribution in [2.75, 3.05) is 13.7 Å². The first kappa shape index (κ1) is 20.7. The number of ether oxygens (including phenoxy) is 1. The smallest absolute Gasteiger partial charge is 0.337 e. The molecule has 1 aromatic rings. The first-order chi connectivity index (χ1) is 10.1. The maximum Gasteiger partial charge on any atom is 0.337 e. The number of hydrogen-bond donors (Lipinski definition) is 2. The Morgan fingerprint density at radius 2 is 1.91 bits per heavy atom. The van der Waals surface area contributed by atoms with Crippen LogP contribution in [0.3, 0.4) is 0 Å². The van der Waals surface area contributed by atoms with Gasteiger partial charge in [-0.3, -0.25) is 0 Å². The minimum Gasteiger partial charge on any atom is -0.465 e. The third kappa shape index (κ3) is 7.11. The van der Waals surface area contributed by atoms with E-state index in [1.807, 2.05) is 19.1 Å². The molecule has 0 aromatic heterocycles. The largest absolute Gasteiger partial charge is 0.465 e. The highest BCUT2D eigenvalue weighted by atomic mass is 127. The Balaban J connectivity index is 0.00000441. The summed E-state index contributed by atoms with van der Waals surface area (Å²) >= 11 is 0. The molecular formula is C16H26IN3O2. The number of methoxy groups -OCH3 is 1. The molecule has 0 aliphatic heterocycles. The molecular weight excluding hydrogens is 393 g/mol. The Hall–Kier alpha value is -1.31. The number of nitrogens with one attached hydrogen (secondary N) is 2. The fourth-order valence-electron chi connectivity index (χ4n) is 1.69. The molecule has 124 valence electrons. The number of hydrogen-bond acceptors (Lipinski definition) is 3. The Labute approximate surface area is 149 Å². The van der Waals surface area contributed by atoms with Crippen LogP contribution >= 0.6 is 24.0 Å². The van der Waals surface area contributed by atoms with Crippen LogP contribution in [0, 0.1) is 0 Å². The summed E-state index contributed by atoms with van der Waals surface area (Å²) in [6, 6.07) is 7.67. The highest BCUT2D eigenvalue weighted by Gasteiger charge is 2.05. The fraction of sp³-hybridized carbons (Fsp3) is 0.500. The zero-order valence-electron chi connectivity index (χ0n) is 13.7. The lowest BCUT2D eigenvalue weighted by atomic mass is 10.1. The van der Waals surface area contributed by atoms with Gasteiger partial charge in [-0.05, 0) is 38.0 Å². The molecule has 0 aliphatic rings. The molecule has 0 spiro atoms. The van der Waals surface area contributed by atoms with Crippen molar-refractivity contribution in [3.63, 3.8) is 0 Å². The minimum absolute atomic E-state index is 0. The number of guanidine groups is 1. The third-order valence-electron chi connectivity index (χ3n) is 3.13. The quantitative estimate of drug-likeness (QED) is 0.322. The summed E-state index contributed by atoms with van der Waals surface area (Å²) < 4.78 is 4.68. The van der Waals surface area contributed by atoms with Crippen molar-refractivity contribution in [2.24, 2.45) is 4.99 Å². The fourth-order valence-corrected chi connectivity index (χ4v) is 1.69. The van der Waals surface area contributed by atoms with Crippen molar-refractivity contribution >= 4 is 35.9 Å². The topological polar surface area (TPSA) is 62.7 Å². The molecule has 0 bridgehead atoms. The lowest BCUT2D eigenvalue weighted by molar-refractivity contribution is 0.0600. The Kier molecular flexibility index (Phi) is 10.6. The number of aliphatic imine (C=N–C) groups is 1. The predicted molar refractivity (Wildman–Crippen MR) is 101 cm³/mol. The van der Waals surface area contributed by atoms with Gasteiger partial charge < -0.3 is 15.4 Å². The van der Waals surface area contributed by atoms with E-state index < -0.39 is 0 Å². The van der Waals surface area contributed by atoms with Gasteiger partial charge in [0.25, 0.3) is 0 Å². The molecule has 0 radical (unpaired) electrons. The molecule has 6 heteroatoms. The number of carbonyl (C=O) groups is 1. The molecule has 2 N–H and O–H groups in total. The number of esters is 1. The highest BCUT2D eigenvalue weighted by Crippen LogP contribution is 2.07. The van der Waals surface area contributed by atoms with Crippen molar-refractivity contribution in [1.82, 2.24) is 10.6 Å². The van der Waals surface area contributed by atoms with E-state index in [1.54, 1.807) is 12.1 Å². The molecule has 0 fully saturated rings. The van der Waals surface area contributed by atoms with Crippen LogP contribution in [0.1, 0.15) is 43.1 Å². The molecule has 22 heavy (non-hydrogen) atoms. The predicted octanol–water partition coefficient (Wildman–Crippen LogP) is 2.94. The maximum absolute atomic E-state index is 11.4. The highest BCUT2D eigenvalue weighted by molar-refractivity contribution is 14.0. The monoisotopic (exact) mass is 419 g/mol. The molecule has 0 saturated heterocycles. The molecule has 1 atom stereocenters. The van der Waals surface area contributed by atoms with Crippen LogP contribution in [-0.2, 0) is 11.3 Å². The first-order valence-electron chi connectivity index (χ1n) is 7.32. The van der Waals surface area contributed by atoms with Crippen LogP contribution in [0.5, 0.6) is 0 Å². The van der Waals surface area contributed by atoms with Crippen LogP contribution in [0.2, 0.25) is 0 Å². The number of nitrogens with zero attached hydrogens (tertiary/aromatic N) is 1. The van der Waals surface area contributed by atoms with E-state index in [4.69, 9.17) is 0 Å². The Morgan fingerprint density at radius 3 is 2.41 bits per heavy atom. The SMILES string of the molecule is CCNC(=NCc1ccc(C(=O)OC)cc1)NC(C)CC.I. The number of rotatable bonds is 6. The molecule has 1 aromatic carbocycles. The standard InChI is InChI=1S/C16H25N3O2.HI/c1-5-12(3)19-16(17-6-2)18-11-13-7-9-14(10-8-13)15(20)21-4;/h7-10,12H,5-6,11H2,1-4H3,(H2,17,18,19);1H. The van der Waals surface area contributed by atoms with Gasteiger partial charge in [-0.15, -0.1) is 24.0 Å². The van der Waals surface area contributed by atoms with Crippen LogP contribution in [0.15, 0.2) is 29.3 Å².